The van der Waals surface area contributed by atoms with Gasteiger partial charge in [0.05, 0.1) is 0 Å². The highest BCUT2D eigenvalue weighted by Gasteiger charge is 1.52. The van der Waals surface area contributed by atoms with Gasteiger partial charge in [-0.3, -0.25) is 0 Å². The van der Waals surface area contributed by atoms with Crippen LogP contribution in [0.5, 0.6) is 0 Å². The van der Waals surface area contributed by atoms with E-state index in [4.69, 9.17) is 6.87 Å². The van der Waals surface area contributed by atoms with Crippen molar-refractivity contribution < 1.29 is 28.9 Å². The molecule has 0 heterocycles. The number of rotatable bonds is 0. The summed E-state index contributed by atoms with van der Waals surface area (Å²) in [7, 11) is 0. The summed E-state index contributed by atoms with van der Waals surface area (Å²) < 4.78 is 15.7. The van der Waals surface area contributed by atoms with Crippen molar-refractivity contribution in [2.75, 3.05) is 0 Å². The molecule has 0 aliphatic rings. The van der Waals surface area contributed by atoms with E-state index >= 15 is 0 Å². The Balaban J connectivity index is 0. The lowest BCUT2D eigenvalue weighted by Crippen LogP contribution is -3.69. The van der Waals surface area contributed by atoms with E-state index in [1.807, 2.05) is 0 Å². The molecule has 0 radical (unpaired) electrons. The Labute approximate surface area is 41.6 Å². The first kappa shape index (κ1) is 8.87. The Morgan fingerprint density at radius 2 is 1.75 bits per heavy atom. The number of hydrogen-bond acceptors (Lipinski definition) is 2. The molecule has 0 atom stereocenters. The fourth-order valence-electron chi connectivity index (χ4n) is 0. The first-order valence-corrected chi connectivity index (χ1v) is 2.17. The van der Waals surface area contributed by atoms with E-state index in [0.717, 1.165) is 0 Å². The fraction of sp³-hybridized carbons (Fsp3) is 0. The molecule has 0 rings (SSSR count). The van der Waals surface area contributed by atoms with Gasteiger partial charge in [0.2, 0.25) is 0 Å². The molecule has 0 unspecified atom stereocenters. The predicted octanol–water partition coefficient (Wildman–Crippen LogP) is -4.32. The maximum absolute atomic E-state index is 8.60. The third kappa shape index (κ3) is 12.5. The summed E-state index contributed by atoms with van der Waals surface area (Å²) in [5.41, 5.74) is 0. The van der Waals surface area contributed by atoms with Crippen LogP contribution in [0.3, 0.4) is 0 Å². The van der Waals surface area contributed by atoms with Crippen molar-refractivity contribution >= 4 is 12.4 Å². The molecule has 0 aliphatic carbocycles. The highest BCUT2D eigenvalue weighted by Crippen LogP contribution is 0.690. The van der Waals surface area contributed by atoms with Gasteiger partial charge in [-0.25, -0.2) is 0 Å². The van der Waals surface area contributed by atoms with Crippen molar-refractivity contribution in [3.63, 3.8) is 0 Å². The molecule has 0 bridgehead atoms. The van der Waals surface area contributed by atoms with Crippen LogP contribution in [0.25, 0.3) is 0 Å². The zero-order valence-corrected chi connectivity index (χ0v) is 4.62. The summed E-state index contributed by atoms with van der Waals surface area (Å²) in [6.45, 7) is 0. The van der Waals surface area contributed by atoms with E-state index in [2.05, 4.69) is 0 Å². The topological polar surface area (TPSA) is 43.3 Å². The average molecular weight is 196 g/mol. The van der Waals surface area contributed by atoms with Crippen molar-refractivity contribution in [2.24, 2.45) is 0 Å². The SMILES string of the molecule is Cl.[O-][I+]O. The molecule has 0 aromatic rings. The zero-order valence-electron chi connectivity index (χ0n) is 1.64. The Bertz CT molecular complexity index is 6.00. The minimum atomic E-state index is -1.66. The molecule has 0 aromatic heterocycles. The van der Waals surface area contributed by atoms with Gasteiger partial charge < -0.3 is 3.44 Å². The lowest BCUT2D eigenvalue weighted by Gasteiger charge is -1.45. The summed E-state index contributed by atoms with van der Waals surface area (Å²) >= 11 is -1.66. The summed E-state index contributed by atoms with van der Waals surface area (Å²) in [4.78, 5) is 0. The van der Waals surface area contributed by atoms with Gasteiger partial charge in [-0.2, -0.15) is 3.44 Å². The van der Waals surface area contributed by atoms with Crippen molar-refractivity contribution in [1.29, 1.82) is 0 Å². The van der Waals surface area contributed by atoms with Crippen LogP contribution >= 0.6 is 12.4 Å². The molecule has 2 nitrogen and oxygen atoms in total. The first-order chi connectivity index (χ1) is 1.41. The number of hydrogen-bond donors (Lipinski definition) is 1. The van der Waals surface area contributed by atoms with Crippen molar-refractivity contribution in [1.82, 2.24) is 0 Å². The van der Waals surface area contributed by atoms with Crippen LogP contribution < -0.4 is 25.5 Å². The Morgan fingerprint density at radius 3 is 1.75 bits per heavy atom. The monoisotopic (exact) mass is 196 g/mol. The predicted molar refractivity (Wildman–Crippen MR) is 9.47 cm³/mol. The third-order valence-electron chi connectivity index (χ3n) is 0. The van der Waals surface area contributed by atoms with Gasteiger partial charge in [0.25, 0.3) is 0 Å². The largest absolute Gasteiger partial charge is 0.567 e. The zero-order chi connectivity index (χ0) is 2.71. The van der Waals surface area contributed by atoms with Crippen LogP contribution in [0.1, 0.15) is 0 Å². The van der Waals surface area contributed by atoms with E-state index in [-0.39, 0.29) is 12.4 Å². The van der Waals surface area contributed by atoms with E-state index in [1.54, 1.807) is 0 Å². The van der Waals surface area contributed by atoms with Crippen LogP contribution in [0, 0.1) is 0 Å². The normalized spacial score (nSPS) is 4.50. The standard InChI is InChI=1S/ClH.HIO2/c;2-1-3/h1H;2H. The Morgan fingerprint density at radius 1 is 1.75 bits per heavy atom. The van der Waals surface area contributed by atoms with Crippen LogP contribution in [0.2, 0.25) is 0 Å². The second-order valence-corrected chi connectivity index (χ2v) is 0.463. The molecule has 0 saturated heterocycles. The average Bonchev–Trinajstić information content (AvgIpc) is 0.918. The fourth-order valence-corrected chi connectivity index (χ4v) is 0. The van der Waals surface area contributed by atoms with Gasteiger partial charge in [0, 0.05) is 0 Å². The van der Waals surface area contributed by atoms with Gasteiger partial charge in [-0.1, -0.05) is 0 Å². The smallest absolute Gasteiger partial charge is 0.449 e. The van der Waals surface area contributed by atoms with E-state index in [1.165, 1.54) is 0 Å². The highest BCUT2D eigenvalue weighted by atomic mass is 127. The second-order valence-electron chi connectivity index (χ2n) is 0.0690. The molecular formula is H2ClIO2. The molecule has 0 aliphatic heterocycles. The highest BCUT2D eigenvalue weighted by molar-refractivity contribution is 5.85. The molecule has 4 heteroatoms. The van der Waals surface area contributed by atoms with E-state index in [0.29, 0.717) is 0 Å². The van der Waals surface area contributed by atoms with Gasteiger partial charge in [-0.05, 0) is 0 Å². The molecular weight excluding hydrogens is 194 g/mol. The molecule has 1 N–H and O–H groups in total. The Hall–Kier alpha value is 0.940. The molecule has 0 aromatic carbocycles. The van der Waals surface area contributed by atoms with E-state index < -0.39 is 22.0 Å². The van der Waals surface area contributed by atoms with Crippen LogP contribution in [-0.4, -0.2) is 3.44 Å². The minimum absolute atomic E-state index is 0. The maximum atomic E-state index is 8.60. The quantitative estimate of drug-likeness (QED) is 0.398. The van der Waals surface area contributed by atoms with Gasteiger partial charge >= 0.3 is 22.0 Å². The lowest BCUT2D eigenvalue weighted by atomic mass is 16.0. The van der Waals surface area contributed by atoms with E-state index in [9.17, 15) is 0 Å². The van der Waals surface area contributed by atoms with Gasteiger partial charge in [-0.15, -0.1) is 12.4 Å². The maximum Gasteiger partial charge on any atom is 0.449 e. The molecule has 4 heavy (non-hydrogen) atoms. The summed E-state index contributed by atoms with van der Waals surface area (Å²) in [6, 6.07) is 0. The van der Waals surface area contributed by atoms with Crippen molar-refractivity contribution in [3.05, 3.63) is 0 Å². The van der Waals surface area contributed by atoms with Crippen molar-refractivity contribution in [2.45, 2.75) is 0 Å². The summed E-state index contributed by atoms with van der Waals surface area (Å²) in [5.74, 6) is 0. The Kier molecular flexibility index (Phi) is 20.1. The lowest BCUT2D eigenvalue weighted by molar-refractivity contribution is -1.27. The van der Waals surface area contributed by atoms with Crippen molar-refractivity contribution in [3.8, 4) is 0 Å². The molecule has 0 saturated carbocycles. The minimum Gasteiger partial charge on any atom is -0.567 e. The summed E-state index contributed by atoms with van der Waals surface area (Å²) in [6.07, 6.45) is 0. The second kappa shape index (κ2) is 9.05. The first-order valence-electron chi connectivity index (χ1n) is 0.323. The number of halogens is 2. The van der Waals surface area contributed by atoms with Crippen LogP contribution in [0.4, 0.5) is 0 Å². The molecule has 28 valence electrons. The molecule has 0 fully saturated rings. The third-order valence-corrected chi connectivity index (χ3v) is 0. The van der Waals surface area contributed by atoms with Crippen LogP contribution in [-0.2, 0) is 0 Å². The van der Waals surface area contributed by atoms with Gasteiger partial charge in [0.15, 0.2) is 0 Å². The summed E-state index contributed by atoms with van der Waals surface area (Å²) in [5, 5.41) is 0. The van der Waals surface area contributed by atoms with Gasteiger partial charge in [0.1, 0.15) is 0 Å². The molecule has 0 amide bonds. The molecule has 0 spiro atoms. The van der Waals surface area contributed by atoms with Crippen LogP contribution in [0.15, 0.2) is 0 Å².